The monoisotopic (exact) mass is 547 g/mol. The third-order valence-corrected chi connectivity index (χ3v) is 7.56. The summed E-state index contributed by atoms with van der Waals surface area (Å²) in [5.41, 5.74) is 5.92. The number of benzene rings is 3. The van der Waals surface area contributed by atoms with Gasteiger partial charge in [-0.05, 0) is 35.9 Å². The molecule has 0 saturated carbocycles. The van der Waals surface area contributed by atoms with Gasteiger partial charge in [0, 0.05) is 48.4 Å². The summed E-state index contributed by atoms with van der Waals surface area (Å²) in [5, 5.41) is 17.4. The molecule has 1 N–H and O–H groups in total. The van der Waals surface area contributed by atoms with E-state index in [9.17, 15) is 14.9 Å². The number of nitrogens with one attached hydrogen (secondary N) is 1. The van der Waals surface area contributed by atoms with Gasteiger partial charge in [-0.15, -0.1) is 0 Å². The number of hydrogen-bond acceptors (Lipinski definition) is 7. The molecule has 4 aromatic rings. The zero-order chi connectivity index (χ0) is 28.3. The lowest BCUT2D eigenvalue weighted by atomic mass is 9.98. The Labute approximate surface area is 237 Å². The number of hydrogen-bond donors (Lipinski definition) is 1. The molecular formula is C32H29N5O4. The minimum atomic E-state index is -1.56. The number of morpholine rings is 1. The van der Waals surface area contributed by atoms with Crippen molar-refractivity contribution in [3.8, 4) is 28.8 Å². The fourth-order valence-electron chi connectivity index (χ4n) is 5.51. The molecule has 2 aliphatic rings. The van der Waals surface area contributed by atoms with E-state index >= 15 is 0 Å². The Morgan fingerprint density at radius 2 is 1.83 bits per heavy atom. The molecule has 1 amide bonds. The van der Waals surface area contributed by atoms with Gasteiger partial charge in [0.15, 0.2) is 5.92 Å². The number of rotatable bonds is 8. The summed E-state index contributed by atoms with van der Waals surface area (Å²) in [7, 11) is 1.60. The molecule has 41 heavy (non-hydrogen) atoms. The number of fused-ring (bicyclic) bond motifs is 3. The Morgan fingerprint density at radius 3 is 2.59 bits per heavy atom. The fraction of sp³-hybridized carbons (Fsp3) is 0.250. The van der Waals surface area contributed by atoms with E-state index in [0.717, 1.165) is 46.7 Å². The number of aromatic nitrogens is 2. The van der Waals surface area contributed by atoms with Crippen molar-refractivity contribution in [2.75, 3.05) is 38.7 Å². The number of methoxy groups -OCH3 is 1. The lowest BCUT2D eigenvalue weighted by Crippen LogP contribution is -2.35. The molecule has 1 aliphatic heterocycles. The van der Waals surface area contributed by atoms with Crippen LogP contribution in [0, 0.1) is 17.2 Å². The van der Waals surface area contributed by atoms with Crippen LogP contribution in [0.25, 0.3) is 16.9 Å². The van der Waals surface area contributed by atoms with Crippen LogP contribution in [-0.2, 0) is 22.5 Å². The molecule has 1 unspecified atom stereocenters. The van der Waals surface area contributed by atoms with Gasteiger partial charge in [0.1, 0.15) is 11.4 Å². The molecule has 1 aromatic heterocycles. The van der Waals surface area contributed by atoms with Crippen molar-refractivity contribution in [2.45, 2.75) is 13.0 Å². The minimum Gasteiger partial charge on any atom is -0.496 e. The quantitative estimate of drug-likeness (QED) is 0.229. The van der Waals surface area contributed by atoms with Gasteiger partial charge in [0.25, 0.3) is 0 Å². The molecule has 0 bridgehead atoms. The van der Waals surface area contributed by atoms with E-state index in [2.05, 4.69) is 15.3 Å². The summed E-state index contributed by atoms with van der Waals surface area (Å²) >= 11 is 0. The number of ether oxygens (including phenoxy) is 2. The first-order chi connectivity index (χ1) is 20.1. The van der Waals surface area contributed by atoms with Gasteiger partial charge >= 0.3 is 0 Å². The van der Waals surface area contributed by atoms with Crippen LogP contribution in [0.1, 0.15) is 27.2 Å². The van der Waals surface area contributed by atoms with E-state index in [4.69, 9.17) is 9.47 Å². The van der Waals surface area contributed by atoms with E-state index in [0.29, 0.717) is 37.6 Å². The first kappa shape index (κ1) is 26.4. The standard InChI is InChI=1S/C32H29N5O4/c1-40-28-12-11-23(17-22(28)20-36-13-15-41-16-14-36)34-32(39)27(19-33)31(38)29-26-18-21-7-5-6-10-25(21)30(26)37(35-29)24-8-3-2-4-9-24/h2-12,17,27H,13-16,18,20H2,1H3,(H,34,39). The van der Waals surface area contributed by atoms with Gasteiger partial charge in [-0.1, -0.05) is 42.5 Å². The number of amides is 1. The SMILES string of the molecule is COc1ccc(NC(=O)C(C#N)C(=O)c2nn(-c3ccccc3)c3c2Cc2ccccc2-3)cc1CN1CCOCC1. The third-order valence-electron chi connectivity index (χ3n) is 7.56. The molecule has 1 atom stereocenters. The fourth-order valence-corrected chi connectivity index (χ4v) is 5.51. The number of carbonyl (C=O) groups excluding carboxylic acids is 2. The van der Waals surface area contributed by atoms with E-state index in [-0.39, 0.29) is 5.69 Å². The van der Waals surface area contributed by atoms with Gasteiger partial charge in [0.05, 0.1) is 37.8 Å². The van der Waals surface area contributed by atoms with Crippen molar-refractivity contribution in [3.63, 3.8) is 0 Å². The zero-order valence-electron chi connectivity index (χ0n) is 22.7. The Hall–Kier alpha value is -4.78. The summed E-state index contributed by atoms with van der Waals surface area (Å²) in [6.45, 7) is 3.56. The predicted octanol–water partition coefficient (Wildman–Crippen LogP) is 4.25. The first-order valence-corrected chi connectivity index (χ1v) is 13.5. The Morgan fingerprint density at radius 1 is 1.07 bits per heavy atom. The molecular weight excluding hydrogens is 518 g/mol. The van der Waals surface area contributed by atoms with Crippen LogP contribution in [0.2, 0.25) is 0 Å². The van der Waals surface area contributed by atoms with Crippen LogP contribution in [0.4, 0.5) is 5.69 Å². The molecule has 9 heteroatoms. The maximum Gasteiger partial charge on any atom is 0.249 e. The number of carbonyl (C=O) groups is 2. The summed E-state index contributed by atoms with van der Waals surface area (Å²) in [6.07, 6.45) is 0.503. The molecule has 6 rings (SSSR count). The third kappa shape index (κ3) is 5.11. The molecule has 1 saturated heterocycles. The van der Waals surface area contributed by atoms with Crippen molar-refractivity contribution in [2.24, 2.45) is 5.92 Å². The van der Waals surface area contributed by atoms with Crippen LogP contribution in [-0.4, -0.2) is 59.8 Å². The van der Waals surface area contributed by atoms with E-state index in [1.54, 1.807) is 23.9 Å². The molecule has 1 fully saturated rings. The van der Waals surface area contributed by atoms with Crippen LogP contribution >= 0.6 is 0 Å². The second kappa shape index (κ2) is 11.4. The molecule has 0 radical (unpaired) electrons. The van der Waals surface area contributed by atoms with Crippen LogP contribution < -0.4 is 10.1 Å². The summed E-state index contributed by atoms with van der Waals surface area (Å²) in [5.74, 6) is -2.18. The van der Waals surface area contributed by atoms with Gasteiger partial charge < -0.3 is 14.8 Å². The number of ketones is 1. The van der Waals surface area contributed by atoms with E-state index < -0.39 is 17.6 Å². The van der Waals surface area contributed by atoms with Gasteiger partial charge in [-0.3, -0.25) is 14.5 Å². The highest BCUT2D eigenvalue weighted by Gasteiger charge is 2.36. The Balaban J connectivity index is 1.28. The number of anilines is 1. The minimum absolute atomic E-state index is 0.143. The van der Waals surface area contributed by atoms with Crippen molar-refractivity contribution >= 4 is 17.4 Å². The van der Waals surface area contributed by atoms with Gasteiger partial charge in [0.2, 0.25) is 11.7 Å². The Kier molecular flexibility index (Phi) is 7.33. The normalized spacial score (nSPS) is 14.9. The lowest BCUT2D eigenvalue weighted by Gasteiger charge is -2.27. The maximum atomic E-state index is 13.8. The average Bonchev–Trinajstić information content (AvgIpc) is 3.56. The first-order valence-electron chi connectivity index (χ1n) is 13.5. The molecule has 0 spiro atoms. The van der Waals surface area contributed by atoms with Crippen molar-refractivity contribution in [1.82, 2.24) is 14.7 Å². The summed E-state index contributed by atoms with van der Waals surface area (Å²) in [6, 6.07) is 24.7. The van der Waals surface area contributed by atoms with Crippen molar-refractivity contribution in [3.05, 3.63) is 95.2 Å². The van der Waals surface area contributed by atoms with E-state index in [1.807, 2.05) is 66.7 Å². The number of para-hydroxylation sites is 1. The highest BCUT2D eigenvalue weighted by molar-refractivity contribution is 6.16. The molecule has 9 nitrogen and oxygen atoms in total. The second-order valence-corrected chi connectivity index (χ2v) is 10.1. The van der Waals surface area contributed by atoms with Crippen LogP contribution in [0.15, 0.2) is 72.8 Å². The summed E-state index contributed by atoms with van der Waals surface area (Å²) in [4.78, 5) is 29.4. The molecule has 206 valence electrons. The Bertz CT molecular complexity index is 1650. The second-order valence-electron chi connectivity index (χ2n) is 10.1. The van der Waals surface area contributed by atoms with Crippen molar-refractivity contribution < 1.29 is 19.1 Å². The predicted molar refractivity (Wildman–Crippen MR) is 153 cm³/mol. The van der Waals surface area contributed by atoms with Gasteiger partial charge in [-0.2, -0.15) is 10.4 Å². The zero-order valence-corrected chi connectivity index (χ0v) is 22.7. The number of nitrogens with zero attached hydrogens (tertiary/aromatic N) is 4. The molecule has 2 heterocycles. The largest absolute Gasteiger partial charge is 0.496 e. The van der Waals surface area contributed by atoms with Crippen molar-refractivity contribution in [1.29, 1.82) is 5.26 Å². The van der Waals surface area contributed by atoms with Gasteiger partial charge in [-0.25, -0.2) is 4.68 Å². The van der Waals surface area contributed by atoms with Crippen LogP contribution in [0.3, 0.4) is 0 Å². The number of Topliss-reactive ketones (excluding diaryl/α,β-unsaturated/α-hetero) is 1. The van der Waals surface area contributed by atoms with E-state index in [1.165, 1.54) is 0 Å². The molecule has 3 aromatic carbocycles. The smallest absolute Gasteiger partial charge is 0.249 e. The molecule has 1 aliphatic carbocycles. The topological polar surface area (TPSA) is 109 Å². The highest BCUT2D eigenvalue weighted by Crippen LogP contribution is 2.40. The summed E-state index contributed by atoms with van der Waals surface area (Å²) < 4.78 is 12.7. The van der Waals surface area contributed by atoms with Crippen LogP contribution in [0.5, 0.6) is 5.75 Å². The number of nitriles is 1. The maximum absolute atomic E-state index is 13.8. The highest BCUT2D eigenvalue weighted by atomic mass is 16.5. The lowest BCUT2D eigenvalue weighted by molar-refractivity contribution is -0.117. The average molecular weight is 548 g/mol.